The van der Waals surface area contributed by atoms with Crippen LogP contribution in [0.25, 0.3) is 0 Å². The average molecular weight is 406 g/mol. The van der Waals surface area contributed by atoms with Gasteiger partial charge in [-0.15, -0.1) is 0 Å². The number of unbranched alkanes of at least 4 members (excludes halogenated alkanes) is 15. The summed E-state index contributed by atoms with van der Waals surface area (Å²) in [5.41, 5.74) is 5.47. The largest absolute Gasteiger partial charge is 0.366 e. The van der Waals surface area contributed by atoms with Crippen molar-refractivity contribution in [3.63, 3.8) is 0 Å². The van der Waals surface area contributed by atoms with Gasteiger partial charge >= 0.3 is 0 Å². The standard InChI is InChI=1S/C26H47NO2/c1-3-4-5-6-7-8-9-10-11-12-13-14-15-16-17-18-19-20-21-22-25(28)23-24(2)26(27)29/h10-11,23H,3-9,12-22H2,1-2H3,(H2,27,29)/b11-10-,24-23-. The molecule has 0 saturated carbocycles. The average Bonchev–Trinajstić information content (AvgIpc) is 2.69. The Kier molecular flexibility index (Phi) is 20.3. The van der Waals surface area contributed by atoms with Crippen molar-refractivity contribution in [1.82, 2.24) is 0 Å². The maximum absolute atomic E-state index is 11.7. The summed E-state index contributed by atoms with van der Waals surface area (Å²) in [6.07, 6.45) is 28.6. The molecule has 0 saturated heterocycles. The number of carbonyl (C=O) groups excluding carboxylic acids is 2. The van der Waals surface area contributed by atoms with E-state index in [-0.39, 0.29) is 5.78 Å². The zero-order chi connectivity index (χ0) is 21.6. The Labute approximate surface area is 180 Å². The van der Waals surface area contributed by atoms with Crippen LogP contribution in [0.4, 0.5) is 0 Å². The smallest absolute Gasteiger partial charge is 0.244 e. The van der Waals surface area contributed by atoms with Gasteiger partial charge in [0.25, 0.3) is 0 Å². The summed E-state index contributed by atoms with van der Waals surface area (Å²) in [6, 6.07) is 0. The van der Waals surface area contributed by atoms with Crippen molar-refractivity contribution in [1.29, 1.82) is 0 Å². The van der Waals surface area contributed by atoms with Crippen LogP contribution < -0.4 is 5.73 Å². The maximum Gasteiger partial charge on any atom is 0.244 e. The van der Waals surface area contributed by atoms with Gasteiger partial charge in [0, 0.05) is 12.0 Å². The third-order valence-electron chi connectivity index (χ3n) is 5.45. The van der Waals surface area contributed by atoms with E-state index in [2.05, 4.69) is 19.1 Å². The van der Waals surface area contributed by atoms with E-state index in [4.69, 9.17) is 5.73 Å². The first-order valence-corrected chi connectivity index (χ1v) is 12.2. The van der Waals surface area contributed by atoms with Gasteiger partial charge in [0.1, 0.15) is 0 Å². The van der Waals surface area contributed by atoms with Gasteiger partial charge in [0.15, 0.2) is 5.78 Å². The lowest BCUT2D eigenvalue weighted by atomic mass is 10.0. The van der Waals surface area contributed by atoms with E-state index in [1.165, 1.54) is 102 Å². The summed E-state index contributed by atoms with van der Waals surface area (Å²) in [4.78, 5) is 22.5. The molecule has 0 aromatic heterocycles. The van der Waals surface area contributed by atoms with Gasteiger partial charge in [-0.25, -0.2) is 0 Å². The molecule has 0 spiro atoms. The molecule has 0 aromatic rings. The molecule has 2 N–H and O–H groups in total. The van der Waals surface area contributed by atoms with Crippen LogP contribution in [0.2, 0.25) is 0 Å². The van der Waals surface area contributed by atoms with Crippen LogP contribution >= 0.6 is 0 Å². The fourth-order valence-electron chi connectivity index (χ4n) is 3.46. The van der Waals surface area contributed by atoms with Gasteiger partial charge in [-0.05, 0) is 45.1 Å². The molecule has 0 aliphatic heterocycles. The van der Waals surface area contributed by atoms with Crippen molar-refractivity contribution >= 4 is 11.7 Å². The third kappa shape index (κ3) is 21.2. The molecule has 0 heterocycles. The van der Waals surface area contributed by atoms with E-state index in [9.17, 15) is 9.59 Å². The zero-order valence-electron chi connectivity index (χ0n) is 19.4. The first-order chi connectivity index (χ1) is 14.1. The monoisotopic (exact) mass is 405 g/mol. The Balaban J connectivity index is 3.28. The molecule has 0 aliphatic rings. The highest BCUT2D eigenvalue weighted by Gasteiger charge is 2.02. The van der Waals surface area contributed by atoms with Crippen LogP contribution in [-0.4, -0.2) is 11.7 Å². The molecule has 0 bridgehead atoms. The summed E-state index contributed by atoms with van der Waals surface area (Å²) >= 11 is 0. The van der Waals surface area contributed by atoms with Gasteiger partial charge in [0.05, 0.1) is 0 Å². The number of primary amides is 1. The molecule has 1 amide bonds. The minimum Gasteiger partial charge on any atom is -0.366 e. The highest BCUT2D eigenvalue weighted by Crippen LogP contribution is 2.12. The molecule has 0 unspecified atom stereocenters. The summed E-state index contributed by atoms with van der Waals surface area (Å²) in [7, 11) is 0. The lowest BCUT2D eigenvalue weighted by Crippen LogP contribution is -2.12. The Hall–Kier alpha value is -1.38. The molecule has 0 radical (unpaired) electrons. The van der Waals surface area contributed by atoms with Crippen molar-refractivity contribution in [2.24, 2.45) is 5.73 Å². The highest BCUT2D eigenvalue weighted by atomic mass is 16.1. The summed E-state index contributed by atoms with van der Waals surface area (Å²) in [5.74, 6) is -0.495. The van der Waals surface area contributed by atoms with Crippen molar-refractivity contribution in [3.8, 4) is 0 Å². The third-order valence-corrected chi connectivity index (χ3v) is 5.45. The molecular weight excluding hydrogens is 358 g/mol. The van der Waals surface area contributed by atoms with Crippen LogP contribution in [0.5, 0.6) is 0 Å². The molecule has 3 heteroatoms. The highest BCUT2D eigenvalue weighted by molar-refractivity contribution is 6.00. The van der Waals surface area contributed by atoms with Crippen LogP contribution in [-0.2, 0) is 9.59 Å². The number of hydrogen-bond acceptors (Lipinski definition) is 2. The number of amides is 1. The first-order valence-electron chi connectivity index (χ1n) is 12.2. The van der Waals surface area contributed by atoms with Crippen molar-refractivity contribution in [3.05, 3.63) is 23.8 Å². The van der Waals surface area contributed by atoms with E-state index >= 15 is 0 Å². The molecule has 29 heavy (non-hydrogen) atoms. The van der Waals surface area contributed by atoms with Gasteiger partial charge in [-0.2, -0.15) is 0 Å². The molecule has 3 nitrogen and oxygen atoms in total. The number of rotatable bonds is 21. The van der Waals surface area contributed by atoms with Crippen LogP contribution in [0, 0.1) is 0 Å². The second-order valence-electron chi connectivity index (χ2n) is 8.41. The van der Waals surface area contributed by atoms with Crippen molar-refractivity contribution in [2.45, 2.75) is 129 Å². The Bertz CT molecular complexity index is 465. The van der Waals surface area contributed by atoms with E-state index in [1.807, 2.05) is 0 Å². The second-order valence-corrected chi connectivity index (χ2v) is 8.41. The van der Waals surface area contributed by atoms with Crippen molar-refractivity contribution < 1.29 is 9.59 Å². The molecule has 0 aromatic carbocycles. The van der Waals surface area contributed by atoms with E-state index in [0.717, 1.165) is 12.8 Å². The molecule has 0 atom stereocenters. The second kappa shape index (κ2) is 21.3. The number of allylic oxidation sites excluding steroid dienone is 3. The predicted octanol–water partition coefficient (Wildman–Crippen LogP) is 7.59. The fourth-order valence-corrected chi connectivity index (χ4v) is 3.46. The molecule has 0 aliphatic carbocycles. The van der Waals surface area contributed by atoms with Gasteiger partial charge in [-0.3, -0.25) is 9.59 Å². The predicted molar refractivity (Wildman–Crippen MR) is 126 cm³/mol. The minimum atomic E-state index is -0.512. The Morgan fingerprint density at radius 2 is 1.07 bits per heavy atom. The van der Waals surface area contributed by atoms with E-state index in [0.29, 0.717) is 12.0 Å². The Morgan fingerprint density at radius 3 is 1.52 bits per heavy atom. The number of ketones is 1. The lowest BCUT2D eigenvalue weighted by Gasteiger charge is -2.02. The quantitative estimate of drug-likeness (QED) is 0.121. The molecule has 0 rings (SSSR count). The summed E-state index contributed by atoms with van der Waals surface area (Å²) in [5, 5.41) is 0. The van der Waals surface area contributed by atoms with E-state index in [1.54, 1.807) is 6.92 Å². The van der Waals surface area contributed by atoms with Gasteiger partial charge in [0.2, 0.25) is 5.91 Å². The molecular formula is C26H47NO2. The maximum atomic E-state index is 11.7. The minimum absolute atomic E-state index is 0.0160. The topological polar surface area (TPSA) is 60.2 Å². The van der Waals surface area contributed by atoms with Crippen LogP contribution in [0.15, 0.2) is 23.8 Å². The van der Waals surface area contributed by atoms with Crippen LogP contribution in [0.3, 0.4) is 0 Å². The molecule has 168 valence electrons. The van der Waals surface area contributed by atoms with Gasteiger partial charge < -0.3 is 5.73 Å². The van der Waals surface area contributed by atoms with Gasteiger partial charge in [-0.1, -0.05) is 96.1 Å². The number of nitrogens with two attached hydrogens (primary N) is 1. The summed E-state index contributed by atoms with van der Waals surface area (Å²) < 4.78 is 0. The normalized spacial score (nSPS) is 12.0. The number of hydrogen-bond donors (Lipinski definition) is 1. The summed E-state index contributed by atoms with van der Waals surface area (Å²) in [6.45, 7) is 3.86. The number of carbonyl (C=O) groups is 2. The van der Waals surface area contributed by atoms with E-state index < -0.39 is 5.91 Å². The van der Waals surface area contributed by atoms with Crippen molar-refractivity contribution in [2.75, 3.05) is 0 Å². The first kappa shape index (κ1) is 27.6. The SMILES string of the molecule is CCCCCCCC/C=C\CCCCCCCCCCCC(=O)/C=C(/C)C(N)=O. The lowest BCUT2D eigenvalue weighted by molar-refractivity contribution is -0.117. The Morgan fingerprint density at radius 1 is 0.655 bits per heavy atom. The fraction of sp³-hybridized carbons (Fsp3) is 0.769. The zero-order valence-corrected chi connectivity index (χ0v) is 19.4. The molecule has 0 fully saturated rings. The van der Waals surface area contributed by atoms with Crippen LogP contribution in [0.1, 0.15) is 129 Å².